The van der Waals surface area contributed by atoms with Crippen molar-refractivity contribution >= 4 is 58.2 Å². The summed E-state index contributed by atoms with van der Waals surface area (Å²) in [7, 11) is 0. The lowest BCUT2D eigenvalue weighted by Gasteiger charge is -2.29. The van der Waals surface area contributed by atoms with Crippen LogP contribution in [0.5, 0.6) is 0 Å². The van der Waals surface area contributed by atoms with E-state index in [4.69, 9.17) is 28.2 Å². The first-order valence-electron chi connectivity index (χ1n) is 9.27. The molecule has 2 amide bonds. The Hall–Kier alpha value is -3.82. The largest absolute Gasteiger partial charge is 0.457 e. The van der Waals surface area contributed by atoms with Crippen molar-refractivity contribution in [1.82, 2.24) is 5.32 Å². The average molecular weight is 468 g/mol. The van der Waals surface area contributed by atoms with Crippen LogP contribution in [0.2, 0.25) is 5.02 Å². The van der Waals surface area contributed by atoms with Crippen LogP contribution in [0.25, 0.3) is 17.4 Å². The third-order valence-electron chi connectivity index (χ3n) is 4.80. The summed E-state index contributed by atoms with van der Waals surface area (Å²) >= 11 is 11.4. The third kappa shape index (κ3) is 3.91. The zero-order valence-electron chi connectivity index (χ0n) is 16.5. The summed E-state index contributed by atoms with van der Waals surface area (Å²) in [5.41, 5.74) is 1.11. The standard InChI is InChI=1S/C22H14ClN3O5S/c1-12-6-7-13(10-18(12)26(29)30)19-9-8-14(31-19)11-15-20(27)24-22(32)25(21(15)28)17-5-3-2-4-16(17)23/h2-11H,1H3,(H,24,27,32)/b15-11+. The molecule has 0 saturated carbocycles. The molecule has 0 bridgehead atoms. The highest BCUT2D eigenvalue weighted by molar-refractivity contribution is 7.80. The lowest BCUT2D eigenvalue weighted by Crippen LogP contribution is -2.54. The minimum Gasteiger partial charge on any atom is -0.457 e. The smallest absolute Gasteiger partial charge is 0.273 e. The summed E-state index contributed by atoms with van der Waals surface area (Å²) in [4.78, 5) is 37.4. The fourth-order valence-electron chi connectivity index (χ4n) is 3.20. The van der Waals surface area contributed by atoms with Gasteiger partial charge in [-0.2, -0.15) is 0 Å². The van der Waals surface area contributed by atoms with Crippen LogP contribution < -0.4 is 10.2 Å². The maximum absolute atomic E-state index is 13.1. The predicted molar refractivity (Wildman–Crippen MR) is 123 cm³/mol. The second kappa shape index (κ2) is 8.37. The van der Waals surface area contributed by atoms with Crippen molar-refractivity contribution in [3.8, 4) is 11.3 Å². The van der Waals surface area contributed by atoms with Crippen LogP contribution >= 0.6 is 23.8 Å². The van der Waals surface area contributed by atoms with Crippen molar-refractivity contribution in [2.24, 2.45) is 0 Å². The molecule has 1 saturated heterocycles. The molecule has 2 heterocycles. The lowest BCUT2D eigenvalue weighted by atomic mass is 10.1. The van der Waals surface area contributed by atoms with Crippen LogP contribution in [0.4, 0.5) is 11.4 Å². The Balaban J connectivity index is 1.69. The van der Waals surface area contributed by atoms with E-state index in [9.17, 15) is 19.7 Å². The Morgan fingerprint density at radius 1 is 1.16 bits per heavy atom. The first kappa shape index (κ1) is 21.4. The monoisotopic (exact) mass is 467 g/mol. The van der Waals surface area contributed by atoms with E-state index in [1.54, 1.807) is 55.5 Å². The highest BCUT2D eigenvalue weighted by atomic mass is 35.5. The van der Waals surface area contributed by atoms with Crippen LogP contribution in [-0.2, 0) is 9.59 Å². The number of hydrogen-bond acceptors (Lipinski definition) is 6. The van der Waals surface area contributed by atoms with E-state index in [2.05, 4.69) is 5.32 Å². The van der Waals surface area contributed by atoms with Crippen LogP contribution in [0, 0.1) is 17.0 Å². The van der Waals surface area contributed by atoms with Crippen molar-refractivity contribution in [1.29, 1.82) is 0 Å². The van der Waals surface area contributed by atoms with Gasteiger partial charge in [0.15, 0.2) is 5.11 Å². The number of furan rings is 1. The Bertz CT molecular complexity index is 1330. The second-order valence-electron chi connectivity index (χ2n) is 6.87. The number of hydrogen-bond donors (Lipinski definition) is 1. The molecule has 1 aliphatic heterocycles. The van der Waals surface area contributed by atoms with E-state index < -0.39 is 16.7 Å². The number of anilines is 1. The van der Waals surface area contributed by atoms with Crippen LogP contribution in [0.15, 0.2) is 64.6 Å². The third-order valence-corrected chi connectivity index (χ3v) is 5.40. The predicted octanol–water partition coefficient (Wildman–Crippen LogP) is 4.65. The molecule has 1 aromatic heterocycles. The number of carbonyl (C=O) groups excluding carboxylic acids is 2. The Kier molecular flexibility index (Phi) is 5.60. The van der Waals surface area contributed by atoms with E-state index in [1.165, 1.54) is 12.1 Å². The van der Waals surface area contributed by atoms with Gasteiger partial charge in [0.2, 0.25) is 0 Å². The van der Waals surface area contributed by atoms with E-state index in [0.717, 1.165) is 4.90 Å². The molecular weight excluding hydrogens is 454 g/mol. The Morgan fingerprint density at radius 2 is 1.91 bits per heavy atom. The number of benzene rings is 2. The molecule has 160 valence electrons. The van der Waals surface area contributed by atoms with Gasteiger partial charge < -0.3 is 4.42 Å². The Labute approximate surface area is 192 Å². The number of nitro benzene ring substituents is 1. The van der Waals surface area contributed by atoms with Gasteiger partial charge in [-0.05, 0) is 49.5 Å². The van der Waals surface area contributed by atoms with Crippen LogP contribution in [-0.4, -0.2) is 21.9 Å². The minimum atomic E-state index is -0.674. The van der Waals surface area contributed by atoms with Gasteiger partial charge in [-0.25, -0.2) is 0 Å². The van der Waals surface area contributed by atoms with E-state index in [0.29, 0.717) is 27.6 Å². The first-order valence-corrected chi connectivity index (χ1v) is 10.1. The zero-order valence-corrected chi connectivity index (χ0v) is 18.1. The molecular formula is C22H14ClN3O5S. The molecule has 3 aromatic rings. The lowest BCUT2D eigenvalue weighted by molar-refractivity contribution is -0.385. The molecule has 0 radical (unpaired) electrons. The number of nitrogens with zero attached hydrogens (tertiary/aromatic N) is 2. The molecule has 0 atom stereocenters. The fraction of sp³-hybridized carbons (Fsp3) is 0.0455. The van der Waals surface area contributed by atoms with Crippen molar-refractivity contribution in [3.05, 3.63) is 86.6 Å². The van der Waals surface area contributed by atoms with Gasteiger partial charge in [-0.15, -0.1) is 0 Å². The van der Waals surface area contributed by atoms with Crippen molar-refractivity contribution in [2.75, 3.05) is 4.90 Å². The summed E-state index contributed by atoms with van der Waals surface area (Å²) < 4.78 is 5.73. The van der Waals surface area contributed by atoms with E-state index >= 15 is 0 Å². The van der Waals surface area contributed by atoms with Crippen molar-refractivity contribution < 1.29 is 18.9 Å². The zero-order chi connectivity index (χ0) is 23.0. The fourth-order valence-corrected chi connectivity index (χ4v) is 3.69. The second-order valence-corrected chi connectivity index (χ2v) is 7.66. The number of aryl methyl sites for hydroxylation is 1. The highest BCUT2D eigenvalue weighted by Gasteiger charge is 2.35. The summed E-state index contributed by atoms with van der Waals surface area (Å²) in [6.07, 6.45) is 1.29. The summed E-state index contributed by atoms with van der Waals surface area (Å²) in [6.45, 7) is 1.64. The number of carbonyl (C=O) groups is 2. The van der Waals surface area contributed by atoms with Gasteiger partial charge in [-0.3, -0.25) is 29.9 Å². The molecule has 4 rings (SSSR count). The number of para-hydroxylation sites is 1. The molecule has 8 nitrogen and oxygen atoms in total. The number of halogens is 1. The minimum absolute atomic E-state index is 0.0375. The summed E-state index contributed by atoms with van der Waals surface area (Å²) in [5.74, 6) is -0.765. The van der Waals surface area contributed by atoms with Gasteiger partial charge in [0, 0.05) is 17.2 Å². The molecule has 1 fully saturated rings. The normalized spacial score (nSPS) is 15.2. The molecule has 1 aliphatic rings. The molecule has 0 spiro atoms. The van der Waals surface area contributed by atoms with Crippen LogP contribution in [0.1, 0.15) is 11.3 Å². The first-order chi connectivity index (χ1) is 15.3. The van der Waals surface area contributed by atoms with E-state index in [1.807, 2.05) is 0 Å². The highest BCUT2D eigenvalue weighted by Crippen LogP contribution is 2.31. The van der Waals surface area contributed by atoms with E-state index in [-0.39, 0.29) is 22.1 Å². The summed E-state index contributed by atoms with van der Waals surface area (Å²) in [5, 5.41) is 13.9. The number of nitrogens with one attached hydrogen (secondary N) is 1. The maximum atomic E-state index is 13.1. The van der Waals surface area contributed by atoms with Crippen LogP contribution in [0.3, 0.4) is 0 Å². The van der Waals surface area contributed by atoms with Gasteiger partial charge in [0.25, 0.3) is 17.5 Å². The molecule has 2 aromatic carbocycles. The number of thiocarbonyl (C=S) groups is 1. The molecule has 10 heteroatoms. The number of amides is 2. The van der Waals surface area contributed by atoms with Gasteiger partial charge in [0.05, 0.1) is 15.6 Å². The quantitative estimate of drug-likeness (QED) is 0.197. The average Bonchev–Trinajstić information content (AvgIpc) is 3.21. The molecule has 0 unspecified atom stereocenters. The SMILES string of the molecule is Cc1ccc(-c2ccc(/C=C3\C(=O)NC(=S)N(c4ccccc4Cl)C3=O)o2)cc1[N+](=O)[O-]. The van der Waals surface area contributed by atoms with Gasteiger partial charge in [-0.1, -0.05) is 35.9 Å². The molecule has 1 N–H and O–H groups in total. The maximum Gasteiger partial charge on any atom is 0.273 e. The molecule has 32 heavy (non-hydrogen) atoms. The number of nitro groups is 1. The van der Waals surface area contributed by atoms with Gasteiger partial charge in [0.1, 0.15) is 17.1 Å². The molecule has 0 aliphatic carbocycles. The summed E-state index contributed by atoms with van der Waals surface area (Å²) in [6, 6.07) is 14.5. The Morgan fingerprint density at radius 3 is 2.62 bits per heavy atom. The van der Waals surface area contributed by atoms with Crippen molar-refractivity contribution in [3.63, 3.8) is 0 Å². The van der Waals surface area contributed by atoms with Gasteiger partial charge >= 0.3 is 0 Å². The topological polar surface area (TPSA) is 106 Å². The number of rotatable bonds is 4. The van der Waals surface area contributed by atoms with Crippen molar-refractivity contribution in [2.45, 2.75) is 6.92 Å².